The van der Waals surface area contributed by atoms with E-state index < -0.39 is 0 Å². The quantitative estimate of drug-likeness (QED) is 0.596. The summed E-state index contributed by atoms with van der Waals surface area (Å²) in [6.07, 6.45) is 13.0. The molecule has 0 aliphatic rings. The maximum absolute atomic E-state index is 3.74. The van der Waals surface area contributed by atoms with Crippen LogP contribution in [0.25, 0.3) is 0 Å². The van der Waals surface area contributed by atoms with Crippen molar-refractivity contribution >= 4 is 0 Å². The molecular weight excluding hydrogens is 182 g/mol. The van der Waals surface area contributed by atoms with Crippen molar-refractivity contribution in [3.8, 4) is 0 Å². The first-order valence-corrected chi connectivity index (χ1v) is 5.90. The summed E-state index contributed by atoms with van der Waals surface area (Å²) in [5.74, 6) is 0. The van der Waals surface area contributed by atoms with E-state index in [9.17, 15) is 0 Å². The van der Waals surface area contributed by atoms with Crippen LogP contribution in [0.2, 0.25) is 0 Å². The molecule has 0 aromatic heterocycles. The molecule has 15 heavy (non-hydrogen) atoms. The Morgan fingerprint density at radius 3 is 2.60 bits per heavy atom. The van der Waals surface area contributed by atoms with E-state index in [1.165, 1.54) is 24.8 Å². The second kappa shape index (κ2) is 9.72. The van der Waals surface area contributed by atoms with Crippen LogP contribution in [0.15, 0.2) is 36.5 Å². The van der Waals surface area contributed by atoms with Gasteiger partial charge in [-0.05, 0) is 38.8 Å². The molecular formula is C14H25N. The fourth-order valence-corrected chi connectivity index (χ4v) is 1.71. The van der Waals surface area contributed by atoms with Gasteiger partial charge in [-0.1, -0.05) is 44.2 Å². The molecule has 1 N–H and O–H groups in total. The third-order valence-electron chi connectivity index (χ3n) is 2.54. The minimum Gasteiger partial charge on any atom is -0.317 e. The van der Waals surface area contributed by atoms with Crippen LogP contribution < -0.4 is 5.32 Å². The Kier molecular flexibility index (Phi) is 9.19. The van der Waals surface area contributed by atoms with Gasteiger partial charge in [-0.3, -0.25) is 0 Å². The molecule has 0 bridgehead atoms. The monoisotopic (exact) mass is 207 g/mol. The van der Waals surface area contributed by atoms with Crippen molar-refractivity contribution < 1.29 is 0 Å². The van der Waals surface area contributed by atoms with Crippen molar-refractivity contribution in [3.05, 3.63) is 36.5 Å². The van der Waals surface area contributed by atoms with Gasteiger partial charge in [-0.25, -0.2) is 0 Å². The molecule has 0 radical (unpaired) electrons. The molecule has 0 aromatic rings. The normalized spacial score (nSPS) is 14.5. The van der Waals surface area contributed by atoms with Gasteiger partial charge in [-0.15, -0.1) is 0 Å². The molecule has 1 unspecified atom stereocenters. The standard InChI is InChI=1S/C14H25N/c1-5-8-13(9-6-2)11-12-14(15-4)10-7-3/h5-6,8-9,14-15H,1,7,10-12H2,2-4H3/b9-6-,13-8+. The number of rotatable bonds is 8. The van der Waals surface area contributed by atoms with Gasteiger partial charge in [0, 0.05) is 6.04 Å². The van der Waals surface area contributed by atoms with Crippen LogP contribution in [0.5, 0.6) is 0 Å². The zero-order valence-corrected chi connectivity index (χ0v) is 10.4. The highest BCUT2D eigenvalue weighted by Crippen LogP contribution is 2.12. The molecule has 0 spiro atoms. The van der Waals surface area contributed by atoms with Crippen LogP contribution in [0.3, 0.4) is 0 Å². The van der Waals surface area contributed by atoms with Gasteiger partial charge >= 0.3 is 0 Å². The van der Waals surface area contributed by atoms with Crippen LogP contribution in [-0.2, 0) is 0 Å². The largest absolute Gasteiger partial charge is 0.317 e. The SMILES string of the molecule is C=C/C=C(\C=C/C)CCC(CCC)NC. The molecule has 0 rings (SSSR count). The maximum atomic E-state index is 3.74. The topological polar surface area (TPSA) is 12.0 Å². The van der Waals surface area contributed by atoms with Crippen molar-refractivity contribution in [3.63, 3.8) is 0 Å². The Morgan fingerprint density at radius 2 is 2.13 bits per heavy atom. The van der Waals surface area contributed by atoms with Crippen molar-refractivity contribution in [1.82, 2.24) is 5.32 Å². The van der Waals surface area contributed by atoms with E-state index in [0.717, 1.165) is 6.42 Å². The Labute approximate surface area is 95.0 Å². The number of nitrogens with one attached hydrogen (secondary N) is 1. The van der Waals surface area contributed by atoms with E-state index in [4.69, 9.17) is 0 Å². The fourth-order valence-electron chi connectivity index (χ4n) is 1.71. The smallest absolute Gasteiger partial charge is 0.00671 e. The molecule has 0 fully saturated rings. The Bertz CT molecular complexity index is 213. The van der Waals surface area contributed by atoms with Crippen molar-refractivity contribution in [2.24, 2.45) is 0 Å². The summed E-state index contributed by atoms with van der Waals surface area (Å²) in [5.41, 5.74) is 1.36. The summed E-state index contributed by atoms with van der Waals surface area (Å²) in [5, 5.41) is 3.37. The lowest BCUT2D eigenvalue weighted by Gasteiger charge is -2.15. The lowest BCUT2D eigenvalue weighted by Crippen LogP contribution is -2.24. The fraction of sp³-hybridized carbons (Fsp3) is 0.571. The lowest BCUT2D eigenvalue weighted by molar-refractivity contribution is 0.485. The van der Waals surface area contributed by atoms with Gasteiger partial charge in [0.05, 0.1) is 0 Å². The van der Waals surface area contributed by atoms with E-state index in [1.54, 1.807) is 0 Å². The Balaban J connectivity index is 4.07. The number of hydrogen-bond acceptors (Lipinski definition) is 1. The van der Waals surface area contributed by atoms with Gasteiger partial charge in [-0.2, -0.15) is 0 Å². The predicted octanol–water partition coefficient (Wildman–Crippen LogP) is 3.84. The molecule has 1 atom stereocenters. The van der Waals surface area contributed by atoms with Gasteiger partial charge in [0.2, 0.25) is 0 Å². The highest BCUT2D eigenvalue weighted by atomic mass is 14.9. The molecule has 0 saturated carbocycles. The van der Waals surface area contributed by atoms with E-state index in [-0.39, 0.29) is 0 Å². The lowest BCUT2D eigenvalue weighted by atomic mass is 10.0. The van der Waals surface area contributed by atoms with Crippen molar-refractivity contribution in [1.29, 1.82) is 0 Å². The molecule has 0 heterocycles. The molecule has 0 aliphatic heterocycles. The average molecular weight is 207 g/mol. The van der Waals surface area contributed by atoms with E-state index in [0.29, 0.717) is 6.04 Å². The minimum atomic E-state index is 0.647. The third kappa shape index (κ3) is 7.15. The first kappa shape index (κ1) is 14.2. The number of allylic oxidation sites excluding steroid dienone is 5. The second-order valence-electron chi connectivity index (χ2n) is 3.79. The van der Waals surface area contributed by atoms with Crippen molar-refractivity contribution in [2.75, 3.05) is 7.05 Å². The molecule has 0 aromatic carbocycles. The average Bonchev–Trinajstić information content (AvgIpc) is 2.24. The van der Waals surface area contributed by atoms with Crippen LogP contribution in [-0.4, -0.2) is 13.1 Å². The summed E-state index contributed by atoms with van der Waals surface area (Å²) < 4.78 is 0. The molecule has 0 saturated heterocycles. The van der Waals surface area contributed by atoms with Gasteiger partial charge in [0.1, 0.15) is 0 Å². The van der Waals surface area contributed by atoms with Crippen LogP contribution in [0, 0.1) is 0 Å². The summed E-state index contributed by atoms with van der Waals surface area (Å²) >= 11 is 0. The maximum Gasteiger partial charge on any atom is 0.00671 e. The molecule has 1 heteroatoms. The minimum absolute atomic E-state index is 0.647. The van der Waals surface area contributed by atoms with Crippen LogP contribution in [0.1, 0.15) is 39.5 Å². The van der Waals surface area contributed by atoms with Gasteiger partial charge < -0.3 is 5.32 Å². The van der Waals surface area contributed by atoms with Gasteiger partial charge in [0.15, 0.2) is 0 Å². The highest BCUT2D eigenvalue weighted by Gasteiger charge is 2.04. The van der Waals surface area contributed by atoms with Crippen molar-refractivity contribution in [2.45, 2.75) is 45.6 Å². The Hall–Kier alpha value is -0.820. The summed E-state index contributed by atoms with van der Waals surface area (Å²) in [7, 11) is 2.05. The first-order valence-electron chi connectivity index (χ1n) is 5.90. The zero-order chi connectivity index (χ0) is 11.5. The Morgan fingerprint density at radius 1 is 1.40 bits per heavy atom. The van der Waals surface area contributed by atoms with Gasteiger partial charge in [0.25, 0.3) is 0 Å². The van der Waals surface area contributed by atoms with E-state index in [2.05, 4.69) is 44.0 Å². The number of hydrogen-bond donors (Lipinski definition) is 1. The molecule has 1 nitrogen and oxygen atoms in total. The van der Waals surface area contributed by atoms with E-state index >= 15 is 0 Å². The summed E-state index contributed by atoms with van der Waals surface area (Å²) in [4.78, 5) is 0. The second-order valence-corrected chi connectivity index (χ2v) is 3.79. The molecule has 86 valence electrons. The highest BCUT2D eigenvalue weighted by molar-refractivity contribution is 5.22. The molecule has 0 amide bonds. The zero-order valence-electron chi connectivity index (χ0n) is 10.4. The predicted molar refractivity (Wildman–Crippen MR) is 70.1 cm³/mol. The summed E-state index contributed by atoms with van der Waals surface area (Å²) in [6, 6.07) is 0.647. The third-order valence-corrected chi connectivity index (χ3v) is 2.54. The van der Waals surface area contributed by atoms with E-state index in [1.807, 2.05) is 13.1 Å². The van der Waals surface area contributed by atoms with Crippen LogP contribution >= 0.6 is 0 Å². The molecule has 0 aliphatic carbocycles. The first-order chi connectivity index (χ1) is 7.28. The summed E-state index contributed by atoms with van der Waals surface area (Å²) in [6.45, 7) is 8.03. The van der Waals surface area contributed by atoms with Crippen LogP contribution in [0.4, 0.5) is 0 Å².